The van der Waals surface area contributed by atoms with E-state index < -0.39 is 0 Å². The highest BCUT2D eigenvalue weighted by Gasteiger charge is 2.29. The number of benzene rings is 2. The van der Waals surface area contributed by atoms with Crippen LogP contribution >= 0.6 is 11.6 Å². The second-order valence-electron chi connectivity index (χ2n) is 5.95. The second-order valence-corrected chi connectivity index (χ2v) is 6.39. The number of para-hydroxylation sites is 1. The van der Waals surface area contributed by atoms with Gasteiger partial charge in [-0.05, 0) is 49.2 Å². The zero-order valence-electron chi connectivity index (χ0n) is 13.1. The number of phenolic OH excluding ortho intramolecular Hbond substituents is 1. The first-order chi connectivity index (χ1) is 11.6. The number of carbonyl (C=O) groups is 2. The van der Waals surface area contributed by atoms with E-state index in [-0.39, 0.29) is 23.4 Å². The highest BCUT2D eigenvalue weighted by Crippen LogP contribution is 2.25. The first kappa shape index (κ1) is 16.5. The van der Waals surface area contributed by atoms with Gasteiger partial charge in [-0.1, -0.05) is 23.7 Å². The molecule has 3 rings (SSSR count). The number of hydrogen-bond acceptors (Lipinski definition) is 3. The van der Waals surface area contributed by atoms with Gasteiger partial charge in [0.2, 0.25) is 0 Å². The lowest BCUT2D eigenvalue weighted by Gasteiger charge is -2.31. The van der Waals surface area contributed by atoms with Crippen molar-refractivity contribution in [1.29, 1.82) is 0 Å². The predicted molar refractivity (Wildman–Crippen MR) is 92.5 cm³/mol. The monoisotopic (exact) mass is 343 g/mol. The molecule has 1 saturated heterocycles. The van der Waals surface area contributed by atoms with Crippen LogP contribution < -0.4 is 0 Å². The van der Waals surface area contributed by atoms with Crippen molar-refractivity contribution >= 4 is 23.3 Å². The van der Waals surface area contributed by atoms with Crippen LogP contribution in [0.5, 0.6) is 5.75 Å². The number of carbonyl (C=O) groups excluding carboxylic acids is 2. The first-order valence-corrected chi connectivity index (χ1v) is 8.31. The van der Waals surface area contributed by atoms with Gasteiger partial charge in [0.05, 0.1) is 5.56 Å². The second kappa shape index (κ2) is 7.05. The van der Waals surface area contributed by atoms with Crippen molar-refractivity contribution in [2.45, 2.75) is 12.8 Å². The number of piperidine rings is 1. The lowest BCUT2D eigenvalue weighted by atomic mass is 9.88. The van der Waals surface area contributed by atoms with Crippen LogP contribution in [0, 0.1) is 5.92 Å². The molecule has 2 aromatic carbocycles. The van der Waals surface area contributed by atoms with Gasteiger partial charge < -0.3 is 10.0 Å². The van der Waals surface area contributed by atoms with Gasteiger partial charge in [0, 0.05) is 29.6 Å². The van der Waals surface area contributed by atoms with Crippen LogP contribution in [0.4, 0.5) is 0 Å². The highest BCUT2D eigenvalue weighted by molar-refractivity contribution is 6.30. The number of ketones is 1. The maximum Gasteiger partial charge on any atom is 0.257 e. The molecular formula is C19H18ClNO3. The number of Topliss-reactive ketones (excluding diaryl/α,β-unsaturated/α-hetero) is 1. The van der Waals surface area contributed by atoms with Gasteiger partial charge in [-0.3, -0.25) is 9.59 Å². The third-order valence-corrected chi connectivity index (χ3v) is 4.67. The lowest BCUT2D eigenvalue weighted by Crippen LogP contribution is -2.40. The third-order valence-electron chi connectivity index (χ3n) is 4.42. The van der Waals surface area contributed by atoms with E-state index in [4.69, 9.17) is 11.6 Å². The van der Waals surface area contributed by atoms with Gasteiger partial charge in [0.15, 0.2) is 5.78 Å². The fourth-order valence-corrected chi connectivity index (χ4v) is 3.15. The van der Waals surface area contributed by atoms with Gasteiger partial charge in [0.25, 0.3) is 5.91 Å². The van der Waals surface area contributed by atoms with Crippen molar-refractivity contribution < 1.29 is 14.7 Å². The van der Waals surface area contributed by atoms with E-state index in [1.54, 1.807) is 47.4 Å². The van der Waals surface area contributed by atoms with Crippen LogP contribution in [0.15, 0.2) is 48.5 Å². The SMILES string of the molecule is O=C(c1ccc(Cl)cc1)C1CCN(C(=O)c2ccccc2O)CC1. The Kier molecular flexibility index (Phi) is 4.86. The number of aromatic hydroxyl groups is 1. The molecule has 124 valence electrons. The van der Waals surface area contributed by atoms with E-state index in [2.05, 4.69) is 0 Å². The number of phenols is 1. The first-order valence-electron chi connectivity index (χ1n) is 7.93. The normalized spacial score (nSPS) is 15.3. The van der Waals surface area contributed by atoms with Gasteiger partial charge >= 0.3 is 0 Å². The Morgan fingerprint density at radius 3 is 2.25 bits per heavy atom. The molecule has 2 aromatic rings. The molecule has 0 atom stereocenters. The summed E-state index contributed by atoms with van der Waals surface area (Å²) < 4.78 is 0. The Bertz CT molecular complexity index is 749. The molecule has 1 amide bonds. The van der Waals surface area contributed by atoms with Crippen molar-refractivity contribution in [3.63, 3.8) is 0 Å². The summed E-state index contributed by atoms with van der Waals surface area (Å²) in [4.78, 5) is 26.7. The van der Waals surface area contributed by atoms with Gasteiger partial charge in [0.1, 0.15) is 5.75 Å². The zero-order valence-corrected chi connectivity index (χ0v) is 13.9. The Hall–Kier alpha value is -2.33. The van der Waals surface area contributed by atoms with Crippen molar-refractivity contribution in [1.82, 2.24) is 4.90 Å². The molecule has 0 unspecified atom stereocenters. The summed E-state index contributed by atoms with van der Waals surface area (Å²) in [7, 11) is 0. The molecule has 0 aliphatic carbocycles. The van der Waals surface area contributed by atoms with Gasteiger partial charge in [-0.2, -0.15) is 0 Å². The smallest absolute Gasteiger partial charge is 0.257 e. The van der Waals surface area contributed by atoms with Crippen LogP contribution in [0.1, 0.15) is 33.6 Å². The Morgan fingerprint density at radius 2 is 1.62 bits per heavy atom. The van der Waals surface area contributed by atoms with Crippen LogP contribution in [-0.2, 0) is 0 Å². The molecule has 5 heteroatoms. The standard InChI is InChI=1S/C19H18ClNO3/c20-15-7-5-13(6-8-15)18(23)14-9-11-21(12-10-14)19(24)16-3-1-2-4-17(16)22/h1-8,14,22H,9-12H2. The summed E-state index contributed by atoms with van der Waals surface area (Å²) >= 11 is 5.85. The fourth-order valence-electron chi connectivity index (χ4n) is 3.02. The number of halogens is 1. The molecule has 1 aliphatic heterocycles. The highest BCUT2D eigenvalue weighted by atomic mass is 35.5. The molecule has 0 spiro atoms. The lowest BCUT2D eigenvalue weighted by molar-refractivity contribution is 0.0648. The Balaban J connectivity index is 1.63. The molecule has 1 heterocycles. The third kappa shape index (κ3) is 3.44. The molecule has 0 saturated carbocycles. The minimum atomic E-state index is -0.189. The molecule has 0 bridgehead atoms. The maximum absolute atomic E-state index is 12.5. The van der Waals surface area contributed by atoms with E-state index in [0.717, 1.165) is 0 Å². The molecule has 1 aliphatic rings. The topological polar surface area (TPSA) is 57.6 Å². The zero-order chi connectivity index (χ0) is 17.1. The number of hydrogen-bond donors (Lipinski definition) is 1. The van der Waals surface area contributed by atoms with E-state index in [0.29, 0.717) is 42.1 Å². The van der Waals surface area contributed by atoms with Crippen molar-refractivity contribution in [3.8, 4) is 5.75 Å². The minimum Gasteiger partial charge on any atom is -0.507 e. The Morgan fingerprint density at radius 1 is 1.00 bits per heavy atom. The van der Waals surface area contributed by atoms with Crippen molar-refractivity contribution in [2.75, 3.05) is 13.1 Å². The summed E-state index contributed by atoms with van der Waals surface area (Å²) in [5, 5.41) is 10.4. The predicted octanol–water partition coefficient (Wildman–Crippen LogP) is 3.78. The summed E-state index contributed by atoms with van der Waals surface area (Å²) in [6.07, 6.45) is 1.25. The average molecular weight is 344 g/mol. The number of likely N-dealkylation sites (tertiary alicyclic amines) is 1. The molecule has 1 fully saturated rings. The van der Waals surface area contributed by atoms with Crippen molar-refractivity contribution in [2.24, 2.45) is 5.92 Å². The van der Waals surface area contributed by atoms with Crippen LogP contribution in [-0.4, -0.2) is 34.8 Å². The van der Waals surface area contributed by atoms with E-state index in [1.807, 2.05) is 0 Å². The molecule has 0 radical (unpaired) electrons. The summed E-state index contributed by atoms with van der Waals surface area (Å²) in [5.41, 5.74) is 0.963. The maximum atomic E-state index is 12.5. The quantitative estimate of drug-likeness (QED) is 0.863. The number of rotatable bonds is 3. The van der Waals surface area contributed by atoms with E-state index in [9.17, 15) is 14.7 Å². The van der Waals surface area contributed by atoms with Crippen LogP contribution in [0.2, 0.25) is 5.02 Å². The van der Waals surface area contributed by atoms with E-state index in [1.165, 1.54) is 6.07 Å². The summed E-state index contributed by atoms with van der Waals surface area (Å²) in [6.45, 7) is 1.02. The number of nitrogens with zero attached hydrogens (tertiary/aromatic N) is 1. The van der Waals surface area contributed by atoms with E-state index >= 15 is 0 Å². The number of amides is 1. The molecule has 1 N–H and O–H groups in total. The minimum absolute atomic E-state index is 0.0122. The molecule has 4 nitrogen and oxygen atoms in total. The van der Waals surface area contributed by atoms with Gasteiger partial charge in [-0.15, -0.1) is 0 Å². The van der Waals surface area contributed by atoms with Crippen LogP contribution in [0.25, 0.3) is 0 Å². The summed E-state index contributed by atoms with van der Waals surface area (Å²) in [5.74, 6) is -0.187. The Labute approximate surface area is 145 Å². The van der Waals surface area contributed by atoms with Crippen molar-refractivity contribution in [3.05, 3.63) is 64.7 Å². The average Bonchev–Trinajstić information content (AvgIpc) is 2.62. The largest absolute Gasteiger partial charge is 0.507 e. The fraction of sp³-hybridized carbons (Fsp3) is 0.263. The molecule has 24 heavy (non-hydrogen) atoms. The molecular weight excluding hydrogens is 326 g/mol. The van der Waals surface area contributed by atoms with Gasteiger partial charge in [-0.25, -0.2) is 0 Å². The molecule has 0 aromatic heterocycles. The van der Waals surface area contributed by atoms with Crippen LogP contribution in [0.3, 0.4) is 0 Å². The summed E-state index contributed by atoms with van der Waals surface area (Å²) in [6, 6.07) is 13.4.